The van der Waals surface area contributed by atoms with Crippen molar-refractivity contribution in [2.45, 2.75) is 30.4 Å². The molecule has 2 aromatic carbocycles. The first kappa shape index (κ1) is 20.6. The van der Waals surface area contributed by atoms with Gasteiger partial charge >= 0.3 is 5.97 Å². The van der Waals surface area contributed by atoms with E-state index >= 15 is 0 Å². The van der Waals surface area contributed by atoms with Crippen molar-refractivity contribution >= 4 is 27.6 Å². The Morgan fingerprint density at radius 3 is 2.64 bits per heavy atom. The van der Waals surface area contributed by atoms with Crippen LogP contribution in [0.15, 0.2) is 47.4 Å². The standard InChI is InChI=1S/C19H19ClFNO5S/c1-12-7-8-13(20)9-18(12)28(24,25)22-11-14(10-16(22)19(23)26-2)27-17-6-4-3-5-15(17)21/h3-9,14,16H,10-11H2,1-2H3. The monoisotopic (exact) mass is 427 g/mol. The van der Waals surface area contributed by atoms with Gasteiger partial charge in [-0.3, -0.25) is 4.79 Å². The molecule has 6 nitrogen and oxygen atoms in total. The third kappa shape index (κ3) is 3.99. The molecular weight excluding hydrogens is 409 g/mol. The van der Waals surface area contributed by atoms with Gasteiger partial charge in [-0.05, 0) is 36.8 Å². The fourth-order valence-corrected chi connectivity index (χ4v) is 5.28. The van der Waals surface area contributed by atoms with Crippen LogP contribution < -0.4 is 4.74 Å². The van der Waals surface area contributed by atoms with E-state index in [1.165, 1.54) is 31.4 Å². The van der Waals surface area contributed by atoms with E-state index in [1.807, 2.05) is 0 Å². The van der Waals surface area contributed by atoms with Crippen LogP contribution in [0, 0.1) is 12.7 Å². The number of benzene rings is 2. The lowest BCUT2D eigenvalue weighted by Gasteiger charge is -2.22. The minimum atomic E-state index is -4.06. The Morgan fingerprint density at radius 1 is 1.25 bits per heavy atom. The second-order valence-corrected chi connectivity index (χ2v) is 8.72. The number of halogens is 2. The summed E-state index contributed by atoms with van der Waals surface area (Å²) in [5, 5.41) is 0.261. The lowest BCUT2D eigenvalue weighted by atomic mass is 10.2. The third-order valence-electron chi connectivity index (χ3n) is 4.56. The summed E-state index contributed by atoms with van der Waals surface area (Å²) in [6, 6.07) is 9.25. The number of hydrogen-bond acceptors (Lipinski definition) is 5. The predicted molar refractivity (Wildman–Crippen MR) is 101 cm³/mol. The number of esters is 1. The number of ether oxygens (including phenoxy) is 2. The molecule has 0 aliphatic carbocycles. The second-order valence-electron chi connectivity index (χ2n) is 6.43. The molecule has 0 bridgehead atoms. The summed E-state index contributed by atoms with van der Waals surface area (Å²) in [7, 11) is -2.87. The maximum atomic E-state index is 13.9. The number of para-hydroxylation sites is 1. The Bertz CT molecular complexity index is 998. The quantitative estimate of drug-likeness (QED) is 0.685. The van der Waals surface area contributed by atoms with Gasteiger partial charge in [-0.15, -0.1) is 0 Å². The van der Waals surface area contributed by atoms with Crippen LogP contribution in [0.5, 0.6) is 5.75 Å². The zero-order chi connectivity index (χ0) is 20.5. The highest BCUT2D eigenvalue weighted by atomic mass is 35.5. The van der Waals surface area contributed by atoms with Crippen molar-refractivity contribution < 1.29 is 27.1 Å². The molecule has 0 spiro atoms. The van der Waals surface area contributed by atoms with Gasteiger partial charge in [-0.25, -0.2) is 12.8 Å². The van der Waals surface area contributed by atoms with Crippen molar-refractivity contribution in [1.29, 1.82) is 0 Å². The summed E-state index contributed by atoms with van der Waals surface area (Å²) in [4.78, 5) is 12.2. The third-order valence-corrected chi connectivity index (χ3v) is 6.81. The zero-order valence-electron chi connectivity index (χ0n) is 15.3. The topological polar surface area (TPSA) is 72.9 Å². The fourth-order valence-electron chi connectivity index (χ4n) is 3.17. The fraction of sp³-hybridized carbons (Fsp3) is 0.316. The maximum Gasteiger partial charge on any atom is 0.324 e. The lowest BCUT2D eigenvalue weighted by molar-refractivity contribution is -0.144. The maximum absolute atomic E-state index is 13.9. The SMILES string of the molecule is COC(=O)C1CC(Oc2ccccc2F)CN1S(=O)(=O)c1cc(Cl)ccc1C. The average Bonchev–Trinajstić information content (AvgIpc) is 3.09. The Balaban J connectivity index is 1.94. The molecule has 1 aliphatic heterocycles. The van der Waals surface area contributed by atoms with Gasteiger partial charge in [0.1, 0.15) is 12.1 Å². The second kappa shape index (κ2) is 8.06. The number of carbonyl (C=O) groups is 1. The number of sulfonamides is 1. The zero-order valence-corrected chi connectivity index (χ0v) is 16.8. The highest BCUT2D eigenvalue weighted by Crippen LogP contribution is 2.32. The van der Waals surface area contributed by atoms with Gasteiger partial charge in [-0.1, -0.05) is 29.8 Å². The molecule has 150 valence electrons. The van der Waals surface area contributed by atoms with Gasteiger partial charge in [0.15, 0.2) is 11.6 Å². The van der Waals surface area contributed by atoms with E-state index in [-0.39, 0.29) is 28.6 Å². The molecule has 2 atom stereocenters. The Labute approximate surface area is 167 Å². The largest absolute Gasteiger partial charge is 0.486 e. The van der Waals surface area contributed by atoms with Gasteiger partial charge in [0.05, 0.1) is 18.6 Å². The Kier molecular flexibility index (Phi) is 5.92. The average molecular weight is 428 g/mol. The number of carbonyl (C=O) groups excluding carboxylic acids is 1. The Morgan fingerprint density at radius 2 is 1.96 bits per heavy atom. The van der Waals surface area contributed by atoms with E-state index in [9.17, 15) is 17.6 Å². The van der Waals surface area contributed by atoms with E-state index in [0.717, 1.165) is 4.31 Å². The first-order valence-corrected chi connectivity index (χ1v) is 10.3. The number of methoxy groups -OCH3 is 1. The van der Waals surface area contributed by atoms with Crippen LogP contribution in [-0.4, -0.2) is 44.5 Å². The van der Waals surface area contributed by atoms with Crippen LogP contribution in [0.4, 0.5) is 4.39 Å². The van der Waals surface area contributed by atoms with Crippen LogP contribution in [0.1, 0.15) is 12.0 Å². The Hall–Kier alpha value is -2.16. The number of rotatable bonds is 5. The molecule has 28 heavy (non-hydrogen) atoms. The van der Waals surface area contributed by atoms with Crippen molar-refractivity contribution in [3.8, 4) is 5.75 Å². The minimum absolute atomic E-state index is 0.000412. The van der Waals surface area contributed by atoms with E-state index in [1.54, 1.807) is 25.1 Å². The molecule has 2 unspecified atom stereocenters. The van der Waals surface area contributed by atoms with Crippen molar-refractivity contribution in [3.05, 3.63) is 58.9 Å². The molecule has 0 aromatic heterocycles. The van der Waals surface area contributed by atoms with Crippen molar-refractivity contribution in [1.82, 2.24) is 4.31 Å². The van der Waals surface area contributed by atoms with Gasteiger partial charge in [-0.2, -0.15) is 4.31 Å². The van der Waals surface area contributed by atoms with Crippen LogP contribution >= 0.6 is 11.6 Å². The van der Waals surface area contributed by atoms with Gasteiger partial charge in [0.2, 0.25) is 10.0 Å². The summed E-state index contributed by atoms with van der Waals surface area (Å²) in [5.41, 5.74) is 0.492. The van der Waals surface area contributed by atoms with Gasteiger partial charge in [0, 0.05) is 11.4 Å². The van der Waals surface area contributed by atoms with Crippen LogP contribution in [0.3, 0.4) is 0 Å². The molecule has 0 N–H and O–H groups in total. The minimum Gasteiger partial charge on any atom is -0.486 e. The van der Waals surface area contributed by atoms with Crippen molar-refractivity contribution in [2.24, 2.45) is 0 Å². The highest BCUT2D eigenvalue weighted by molar-refractivity contribution is 7.89. The highest BCUT2D eigenvalue weighted by Gasteiger charge is 2.46. The summed E-state index contributed by atoms with van der Waals surface area (Å²) < 4.78 is 51.8. The molecule has 2 aromatic rings. The molecule has 0 radical (unpaired) electrons. The molecule has 0 saturated carbocycles. The smallest absolute Gasteiger partial charge is 0.324 e. The number of nitrogens with zero attached hydrogens (tertiary/aromatic N) is 1. The predicted octanol–water partition coefficient (Wildman–Crippen LogP) is 3.17. The lowest BCUT2D eigenvalue weighted by Crippen LogP contribution is -2.41. The molecular formula is C19H19ClFNO5S. The van der Waals surface area contributed by atoms with E-state index in [4.69, 9.17) is 21.1 Å². The summed E-state index contributed by atoms with van der Waals surface area (Å²) in [5.74, 6) is -1.28. The molecule has 0 amide bonds. The van der Waals surface area contributed by atoms with Gasteiger partial charge < -0.3 is 9.47 Å². The molecule has 3 rings (SSSR count). The van der Waals surface area contributed by atoms with E-state index < -0.39 is 34.0 Å². The van der Waals surface area contributed by atoms with Crippen LogP contribution in [0.2, 0.25) is 5.02 Å². The van der Waals surface area contributed by atoms with Crippen LogP contribution in [-0.2, 0) is 19.6 Å². The first-order valence-electron chi connectivity index (χ1n) is 8.51. The normalized spacial score (nSPS) is 20.1. The number of hydrogen-bond donors (Lipinski definition) is 0. The summed E-state index contributed by atoms with van der Waals surface area (Å²) in [6.07, 6.45) is -0.671. The molecule has 9 heteroatoms. The van der Waals surface area contributed by atoms with Gasteiger partial charge in [0.25, 0.3) is 0 Å². The first-order chi connectivity index (χ1) is 13.2. The van der Waals surface area contributed by atoms with Crippen LogP contribution in [0.25, 0.3) is 0 Å². The van der Waals surface area contributed by atoms with Crippen molar-refractivity contribution in [3.63, 3.8) is 0 Å². The van der Waals surface area contributed by atoms with E-state index in [2.05, 4.69) is 0 Å². The summed E-state index contributed by atoms with van der Waals surface area (Å²) in [6.45, 7) is 1.52. The van der Waals surface area contributed by atoms with Crippen molar-refractivity contribution in [2.75, 3.05) is 13.7 Å². The molecule has 1 aliphatic rings. The molecule has 1 fully saturated rings. The summed E-state index contributed by atoms with van der Waals surface area (Å²) >= 11 is 5.97. The number of aryl methyl sites for hydroxylation is 1. The molecule has 1 heterocycles. The molecule has 1 saturated heterocycles. The van der Waals surface area contributed by atoms with E-state index in [0.29, 0.717) is 5.56 Å².